The molecular formula is C9H15N3O. The van der Waals surface area contributed by atoms with Gasteiger partial charge in [-0.15, -0.1) is 0 Å². The highest BCUT2D eigenvalue weighted by Gasteiger charge is 2.28. The van der Waals surface area contributed by atoms with Crippen LogP contribution in [0.1, 0.15) is 25.3 Å². The number of hydrogen-bond donors (Lipinski definition) is 1. The van der Waals surface area contributed by atoms with Gasteiger partial charge < -0.3 is 15.0 Å². The van der Waals surface area contributed by atoms with Gasteiger partial charge in [0.1, 0.15) is 5.82 Å². The fraction of sp³-hybridized carbons (Fsp3) is 0.667. The SMILES string of the molecule is COC1CCCC1n1cnc(N)c1. The molecule has 13 heavy (non-hydrogen) atoms. The van der Waals surface area contributed by atoms with Gasteiger partial charge in [0.05, 0.1) is 18.5 Å². The van der Waals surface area contributed by atoms with Crippen molar-refractivity contribution < 1.29 is 4.74 Å². The molecule has 1 aliphatic carbocycles. The molecule has 1 fully saturated rings. The van der Waals surface area contributed by atoms with Gasteiger partial charge in [-0.1, -0.05) is 0 Å². The number of ether oxygens (including phenoxy) is 1. The van der Waals surface area contributed by atoms with Gasteiger partial charge in [0, 0.05) is 13.3 Å². The smallest absolute Gasteiger partial charge is 0.141 e. The Kier molecular flexibility index (Phi) is 2.22. The number of hydrogen-bond acceptors (Lipinski definition) is 3. The molecule has 0 saturated heterocycles. The Bertz CT molecular complexity index is 284. The molecule has 0 amide bonds. The second-order valence-corrected chi connectivity index (χ2v) is 3.52. The van der Waals surface area contributed by atoms with Crippen LogP contribution in [0, 0.1) is 0 Å². The third kappa shape index (κ3) is 1.54. The average Bonchev–Trinajstić information content (AvgIpc) is 2.71. The van der Waals surface area contributed by atoms with Crippen molar-refractivity contribution in [1.82, 2.24) is 9.55 Å². The molecule has 1 aromatic heterocycles. The lowest BCUT2D eigenvalue weighted by molar-refractivity contribution is 0.0749. The Morgan fingerprint density at radius 3 is 3.08 bits per heavy atom. The zero-order chi connectivity index (χ0) is 9.26. The minimum atomic E-state index is 0.327. The van der Waals surface area contributed by atoms with Crippen LogP contribution in [-0.2, 0) is 4.74 Å². The molecule has 2 rings (SSSR count). The number of rotatable bonds is 2. The summed E-state index contributed by atoms with van der Waals surface area (Å²) in [5, 5.41) is 0. The molecule has 1 aliphatic rings. The summed E-state index contributed by atoms with van der Waals surface area (Å²) in [6.45, 7) is 0. The summed E-state index contributed by atoms with van der Waals surface area (Å²) >= 11 is 0. The molecule has 1 aromatic rings. The van der Waals surface area contributed by atoms with Gasteiger partial charge >= 0.3 is 0 Å². The van der Waals surface area contributed by atoms with Crippen LogP contribution in [0.25, 0.3) is 0 Å². The van der Waals surface area contributed by atoms with Gasteiger partial charge in [-0.05, 0) is 19.3 Å². The number of aromatic nitrogens is 2. The molecule has 0 aromatic carbocycles. The third-order valence-corrected chi connectivity index (χ3v) is 2.72. The fourth-order valence-corrected chi connectivity index (χ4v) is 2.06. The van der Waals surface area contributed by atoms with E-state index in [1.54, 1.807) is 13.4 Å². The molecule has 1 heterocycles. The maximum Gasteiger partial charge on any atom is 0.141 e. The van der Waals surface area contributed by atoms with E-state index in [4.69, 9.17) is 10.5 Å². The first-order valence-electron chi connectivity index (χ1n) is 4.63. The number of anilines is 1. The Morgan fingerprint density at radius 2 is 2.46 bits per heavy atom. The maximum absolute atomic E-state index is 5.56. The first-order chi connectivity index (χ1) is 6.31. The Labute approximate surface area is 77.7 Å². The summed E-state index contributed by atoms with van der Waals surface area (Å²) in [7, 11) is 1.77. The summed E-state index contributed by atoms with van der Waals surface area (Å²) in [6, 6.07) is 0.426. The van der Waals surface area contributed by atoms with E-state index in [-0.39, 0.29) is 0 Å². The highest BCUT2D eigenvalue weighted by molar-refractivity contribution is 5.23. The molecule has 4 nitrogen and oxygen atoms in total. The highest BCUT2D eigenvalue weighted by Crippen LogP contribution is 2.32. The van der Waals surface area contributed by atoms with Crippen LogP contribution < -0.4 is 5.73 Å². The van der Waals surface area contributed by atoms with E-state index in [0.29, 0.717) is 18.0 Å². The summed E-state index contributed by atoms with van der Waals surface area (Å²) in [5.41, 5.74) is 5.56. The molecule has 0 aliphatic heterocycles. The molecular weight excluding hydrogens is 166 g/mol. The Balaban J connectivity index is 2.15. The van der Waals surface area contributed by atoms with Crippen LogP contribution in [0.3, 0.4) is 0 Å². The Morgan fingerprint density at radius 1 is 1.62 bits per heavy atom. The first-order valence-corrected chi connectivity index (χ1v) is 4.63. The van der Waals surface area contributed by atoms with Crippen molar-refractivity contribution in [3.8, 4) is 0 Å². The topological polar surface area (TPSA) is 53.1 Å². The predicted molar refractivity (Wildman–Crippen MR) is 50.3 cm³/mol. The lowest BCUT2D eigenvalue weighted by Crippen LogP contribution is -2.19. The van der Waals surface area contributed by atoms with Gasteiger partial charge in [-0.3, -0.25) is 0 Å². The quantitative estimate of drug-likeness (QED) is 0.746. The van der Waals surface area contributed by atoms with Crippen molar-refractivity contribution in [3.05, 3.63) is 12.5 Å². The number of imidazole rings is 1. The second-order valence-electron chi connectivity index (χ2n) is 3.52. The monoisotopic (exact) mass is 181 g/mol. The van der Waals surface area contributed by atoms with E-state index < -0.39 is 0 Å². The first kappa shape index (κ1) is 8.56. The molecule has 1 saturated carbocycles. The number of methoxy groups -OCH3 is 1. The zero-order valence-electron chi connectivity index (χ0n) is 7.81. The summed E-state index contributed by atoms with van der Waals surface area (Å²) in [6.07, 6.45) is 7.52. The van der Waals surface area contributed by atoms with Gasteiger partial charge in [-0.25, -0.2) is 4.98 Å². The van der Waals surface area contributed by atoms with E-state index in [1.807, 2.05) is 6.20 Å². The van der Waals surface area contributed by atoms with E-state index in [2.05, 4.69) is 9.55 Å². The molecule has 0 spiro atoms. The minimum Gasteiger partial charge on any atom is -0.382 e. The maximum atomic E-state index is 5.56. The molecule has 2 N–H and O–H groups in total. The zero-order valence-corrected chi connectivity index (χ0v) is 7.81. The van der Waals surface area contributed by atoms with Gasteiger partial charge in [-0.2, -0.15) is 0 Å². The van der Waals surface area contributed by atoms with Crippen LogP contribution in [0.15, 0.2) is 12.5 Å². The lowest BCUT2D eigenvalue weighted by atomic mass is 10.2. The molecule has 0 radical (unpaired) electrons. The van der Waals surface area contributed by atoms with Gasteiger partial charge in [0.25, 0.3) is 0 Å². The van der Waals surface area contributed by atoms with Crippen molar-refractivity contribution in [3.63, 3.8) is 0 Å². The lowest BCUT2D eigenvalue weighted by Gasteiger charge is -2.18. The van der Waals surface area contributed by atoms with Crippen LogP contribution >= 0.6 is 0 Å². The number of nitrogen functional groups attached to an aromatic ring is 1. The summed E-state index contributed by atoms with van der Waals surface area (Å²) < 4.78 is 7.46. The molecule has 4 heteroatoms. The molecule has 72 valence electrons. The van der Waals surface area contributed by atoms with Crippen molar-refractivity contribution in [2.75, 3.05) is 12.8 Å². The highest BCUT2D eigenvalue weighted by atomic mass is 16.5. The predicted octanol–water partition coefficient (Wildman–Crippen LogP) is 1.21. The van der Waals surface area contributed by atoms with Crippen molar-refractivity contribution in [2.45, 2.75) is 31.4 Å². The van der Waals surface area contributed by atoms with E-state index in [0.717, 1.165) is 12.8 Å². The van der Waals surface area contributed by atoms with Crippen molar-refractivity contribution >= 4 is 5.82 Å². The number of nitrogens with zero attached hydrogens (tertiary/aromatic N) is 2. The second kappa shape index (κ2) is 3.38. The average molecular weight is 181 g/mol. The summed E-state index contributed by atoms with van der Waals surface area (Å²) in [5.74, 6) is 0.585. The standard InChI is InChI=1S/C9H15N3O/c1-13-8-4-2-3-7(8)12-5-9(10)11-6-12/h5-8H,2-4,10H2,1H3. The van der Waals surface area contributed by atoms with E-state index in [9.17, 15) is 0 Å². The van der Waals surface area contributed by atoms with Crippen LogP contribution in [0.2, 0.25) is 0 Å². The largest absolute Gasteiger partial charge is 0.382 e. The van der Waals surface area contributed by atoms with Gasteiger partial charge in [0.15, 0.2) is 0 Å². The van der Waals surface area contributed by atoms with Crippen LogP contribution in [0.5, 0.6) is 0 Å². The van der Waals surface area contributed by atoms with E-state index >= 15 is 0 Å². The minimum absolute atomic E-state index is 0.327. The van der Waals surface area contributed by atoms with E-state index in [1.165, 1.54) is 6.42 Å². The molecule has 2 unspecified atom stereocenters. The fourth-order valence-electron chi connectivity index (χ4n) is 2.06. The molecule has 2 atom stereocenters. The number of nitrogens with two attached hydrogens (primary N) is 1. The summed E-state index contributed by atoms with van der Waals surface area (Å²) in [4.78, 5) is 4.02. The third-order valence-electron chi connectivity index (χ3n) is 2.72. The van der Waals surface area contributed by atoms with Crippen LogP contribution in [-0.4, -0.2) is 22.8 Å². The molecule has 0 bridgehead atoms. The van der Waals surface area contributed by atoms with Crippen LogP contribution in [0.4, 0.5) is 5.82 Å². The van der Waals surface area contributed by atoms with Gasteiger partial charge in [0.2, 0.25) is 0 Å². The van der Waals surface area contributed by atoms with Crippen molar-refractivity contribution in [1.29, 1.82) is 0 Å². The Hall–Kier alpha value is -1.03. The normalized spacial score (nSPS) is 28.1. The van der Waals surface area contributed by atoms with Crippen molar-refractivity contribution in [2.24, 2.45) is 0 Å².